The van der Waals surface area contributed by atoms with E-state index in [-0.39, 0.29) is 29.4 Å². The van der Waals surface area contributed by atoms with Crippen molar-refractivity contribution in [2.75, 3.05) is 18.1 Å². The molecule has 4 nitrogen and oxygen atoms in total. The molecule has 1 heterocycles. The van der Waals surface area contributed by atoms with E-state index in [0.29, 0.717) is 18.9 Å². The largest absolute Gasteiger partial charge is 0.339 e. The fourth-order valence-electron chi connectivity index (χ4n) is 3.42. The van der Waals surface area contributed by atoms with Crippen molar-refractivity contribution in [3.63, 3.8) is 0 Å². The maximum absolute atomic E-state index is 12.8. The van der Waals surface area contributed by atoms with E-state index in [2.05, 4.69) is 19.1 Å². The molecular weight excluding hydrogens is 298 g/mol. The van der Waals surface area contributed by atoms with Crippen molar-refractivity contribution in [1.29, 1.82) is 0 Å². The topological polar surface area (TPSA) is 54.5 Å². The van der Waals surface area contributed by atoms with E-state index in [9.17, 15) is 13.2 Å². The fraction of sp³-hybridized carbons (Fsp3) is 0.588. The summed E-state index contributed by atoms with van der Waals surface area (Å²) in [6.45, 7) is 4.39. The van der Waals surface area contributed by atoms with Gasteiger partial charge < -0.3 is 4.90 Å². The number of benzene rings is 1. The summed E-state index contributed by atoms with van der Waals surface area (Å²) in [5.41, 5.74) is 2.49. The van der Waals surface area contributed by atoms with Crippen LogP contribution in [0.2, 0.25) is 0 Å². The van der Waals surface area contributed by atoms with Crippen molar-refractivity contribution < 1.29 is 13.2 Å². The maximum atomic E-state index is 12.8. The Labute approximate surface area is 132 Å². The van der Waals surface area contributed by atoms with E-state index in [1.54, 1.807) is 4.90 Å². The fourth-order valence-corrected chi connectivity index (χ4v) is 4.80. The van der Waals surface area contributed by atoms with Crippen LogP contribution in [0.1, 0.15) is 36.8 Å². The van der Waals surface area contributed by atoms with Gasteiger partial charge in [-0.3, -0.25) is 4.79 Å². The smallest absolute Gasteiger partial charge is 0.226 e. The van der Waals surface area contributed by atoms with Crippen LogP contribution in [0.15, 0.2) is 24.3 Å². The van der Waals surface area contributed by atoms with Crippen LogP contribution in [-0.2, 0) is 14.6 Å². The van der Waals surface area contributed by atoms with E-state index in [4.69, 9.17) is 0 Å². The number of nitrogens with zero attached hydrogens (tertiary/aromatic N) is 1. The lowest BCUT2D eigenvalue weighted by molar-refractivity contribution is -0.134. The first-order chi connectivity index (χ1) is 10.4. The summed E-state index contributed by atoms with van der Waals surface area (Å²) < 4.78 is 23.5. The summed E-state index contributed by atoms with van der Waals surface area (Å²) in [6, 6.07) is 8.23. The van der Waals surface area contributed by atoms with Gasteiger partial charge in [-0.2, -0.15) is 0 Å². The van der Waals surface area contributed by atoms with Gasteiger partial charge in [-0.15, -0.1) is 0 Å². The third kappa shape index (κ3) is 3.05. The molecule has 1 aliphatic carbocycles. The van der Waals surface area contributed by atoms with Crippen LogP contribution < -0.4 is 0 Å². The SMILES string of the molecule is Cc1ccccc1[C@@H]1C[C@H]1C(=O)N1CCS(=O)(=O)CC[C@@H]1C. The Hall–Kier alpha value is -1.36. The summed E-state index contributed by atoms with van der Waals surface area (Å²) >= 11 is 0. The highest BCUT2D eigenvalue weighted by Crippen LogP contribution is 2.49. The van der Waals surface area contributed by atoms with Crippen LogP contribution in [0.5, 0.6) is 0 Å². The minimum Gasteiger partial charge on any atom is -0.339 e. The molecule has 1 aromatic rings. The second kappa shape index (κ2) is 5.69. The lowest BCUT2D eigenvalue weighted by Crippen LogP contribution is -2.40. The molecule has 0 bridgehead atoms. The van der Waals surface area contributed by atoms with Crippen molar-refractivity contribution in [2.24, 2.45) is 5.92 Å². The lowest BCUT2D eigenvalue weighted by Gasteiger charge is -2.27. The molecule has 2 aliphatic rings. The maximum Gasteiger partial charge on any atom is 0.226 e. The monoisotopic (exact) mass is 321 g/mol. The molecule has 22 heavy (non-hydrogen) atoms. The lowest BCUT2D eigenvalue weighted by atomic mass is 10.0. The van der Waals surface area contributed by atoms with Gasteiger partial charge in [0.2, 0.25) is 5.91 Å². The first kappa shape index (κ1) is 15.5. The third-order valence-electron chi connectivity index (χ3n) is 5.00. The van der Waals surface area contributed by atoms with Crippen LogP contribution in [0.4, 0.5) is 0 Å². The summed E-state index contributed by atoms with van der Waals surface area (Å²) in [6.07, 6.45) is 1.44. The van der Waals surface area contributed by atoms with Crippen molar-refractivity contribution in [3.05, 3.63) is 35.4 Å². The molecule has 1 saturated heterocycles. The van der Waals surface area contributed by atoms with Crippen molar-refractivity contribution in [3.8, 4) is 0 Å². The van der Waals surface area contributed by atoms with Gasteiger partial charge in [-0.25, -0.2) is 8.42 Å². The van der Waals surface area contributed by atoms with Crippen molar-refractivity contribution in [2.45, 2.75) is 38.6 Å². The van der Waals surface area contributed by atoms with E-state index < -0.39 is 9.84 Å². The van der Waals surface area contributed by atoms with Crippen molar-refractivity contribution >= 4 is 15.7 Å². The minimum absolute atomic E-state index is 0.0166. The first-order valence-corrected chi connectivity index (χ1v) is 9.77. The predicted octanol–water partition coefficient (Wildman–Crippen LogP) is 2.13. The highest BCUT2D eigenvalue weighted by molar-refractivity contribution is 7.91. The molecule has 1 amide bonds. The molecule has 5 heteroatoms. The van der Waals surface area contributed by atoms with Crippen LogP contribution in [-0.4, -0.2) is 43.3 Å². The molecule has 3 atom stereocenters. The third-order valence-corrected chi connectivity index (χ3v) is 6.66. The first-order valence-electron chi connectivity index (χ1n) is 7.95. The average molecular weight is 321 g/mol. The molecule has 120 valence electrons. The normalized spacial score (nSPS) is 30.6. The van der Waals surface area contributed by atoms with Gasteiger partial charge in [0.25, 0.3) is 0 Å². The van der Waals surface area contributed by atoms with Crippen molar-refractivity contribution in [1.82, 2.24) is 4.90 Å². The highest BCUT2D eigenvalue weighted by Gasteiger charge is 2.47. The summed E-state index contributed by atoms with van der Waals surface area (Å²) in [7, 11) is -2.99. The number of hydrogen-bond acceptors (Lipinski definition) is 3. The van der Waals surface area contributed by atoms with Crippen LogP contribution in [0.3, 0.4) is 0 Å². The molecule has 1 saturated carbocycles. The number of rotatable bonds is 2. The Morgan fingerprint density at radius 1 is 1.23 bits per heavy atom. The zero-order chi connectivity index (χ0) is 15.9. The molecule has 3 rings (SSSR count). The van der Waals surface area contributed by atoms with Gasteiger partial charge in [0.05, 0.1) is 11.5 Å². The molecule has 0 unspecified atom stereocenters. The molecule has 1 aliphatic heterocycles. The Kier molecular flexibility index (Phi) is 4.02. The second-order valence-corrected chi connectivity index (χ2v) is 8.93. The van der Waals surface area contributed by atoms with Gasteiger partial charge in [-0.1, -0.05) is 24.3 Å². The second-order valence-electron chi connectivity index (χ2n) is 6.63. The van der Waals surface area contributed by atoms with E-state index in [1.807, 2.05) is 19.1 Å². The summed E-state index contributed by atoms with van der Waals surface area (Å²) in [5.74, 6) is 0.775. The molecule has 0 N–H and O–H groups in total. The molecule has 1 aromatic carbocycles. The van der Waals surface area contributed by atoms with Gasteiger partial charge in [0, 0.05) is 18.5 Å². The van der Waals surface area contributed by atoms with Gasteiger partial charge in [0.1, 0.15) is 0 Å². The number of hydrogen-bond donors (Lipinski definition) is 0. The summed E-state index contributed by atoms with van der Waals surface area (Å²) in [4.78, 5) is 14.6. The molecule has 0 spiro atoms. The molecular formula is C17H23NO3S. The Morgan fingerprint density at radius 2 is 1.95 bits per heavy atom. The molecule has 2 fully saturated rings. The van der Waals surface area contributed by atoms with Gasteiger partial charge >= 0.3 is 0 Å². The van der Waals surface area contributed by atoms with E-state index in [1.165, 1.54) is 11.1 Å². The quantitative estimate of drug-likeness (QED) is 0.838. The predicted molar refractivity (Wildman–Crippen MR) is 86.5 cm³/mol. The number of sulfone groups is 1. The Morgan fingerprint density at radius 3 is 2.68 bits per heavy atom. The standard InChI is InChI=1S/C17H23NO3S/c1-12-5-3-4-6-14(12)15-11-16(15)17(19)18-8-10-22(20,21)9-7-13(18)2/h3-6,13,15-16H,7-11H2,1-2H3/t13-,15-,16+/m0/s1. The zero-order valence-corrected chi connectivity index (χ0v) is 14.0. The minimum atomic E-state index is -2.99. The number of carbonyl (C=O) groups excluding carboxylic acids is 1. The Balaban J connectivity index is 1.72. The number of aryl methyl sites for hydroxylation is 1. The van der Waals surface area contributed by atoms with Gasteiger partial charge in [-0.05, 0) is 43.7 Å². The molecule has 0 aromatic heterocycles. The zero-order valence-electron chi connectivity index (χ0n) is 13.2. The van der Waals surface area contributed by atoms with Crippen LogP contribution in [0, 0.1) is 12.8 Å². The van der Waals surface area contributed by atoms with Crippen LogP contribution in [0.25, 0.3) is 0 Å². The van der Waals surface area contributed by atoms with E-state index >= 15 is 0 Å². The molecule has 0 radical (unpaired) electrons. The highest BCUT2D eigenvalue weighted by atomic mass is 32.2. The summed E-state index contributed by atoms with van der Waals surface area (Å²) in [5, 5.41) is 0. The average Bonchev–Trinajstić information content (AvgIpc) is 3.26. The number of carbonyl (C=O) groups is 1. The van der Waals surface area contributed by atoms with E-state index in [0.717, 1.165) is 6.42 Å². The number of amides is 1. The van der Waals surface area contributed by atoms with Gasteiger partial charge in [0.15, 0.2) is 9.84 Å². The Bertz CT molecular complexity index is 683. The van der Waals surface area contributed by atoms with Crippen LogP contribution >= 0.6 is 0 Å².